The van der Waals surface area contributed by atoms with Gasteiger partial charge in [0.25, 0.3) is 0 Å². The van der Waals surface area contributed by atoms with Crippen LogP contribution in [0.25, 0.3) is 0 Å². The molecule has 24 heavy (non-hydrogen) atoms. The van der Waals surface area contributed by atoms with Gasteiger partial charge in [0, 0.05) is 18.9 Å². The van der Waals surface area contributed by atoms with Gasteiger partial charge in [-0.25, -0.2) is 5.48 Å². The van der Waals surface area contributed by atoms with Crippen LogP contribution in [0.4, 0.5) is 0 Å². The highest BCUT2D eigenvalue weighted by Crippen LogP contribution is 2.49. The molecule has 1 atom stereocenters. The van der Waals surface area contributed by atoms with Crippen LogP contribution in [0.1, 0.15) is 87.0 Å². The molecule has 2 N–H and O–H groups in total. The number of carbonyl (C=O) groups excluding carboxylic acids is 1. The van der Waals surface area contributed by atoms with E-state index in [9.17, 15) is 9.90 Å². The Bertz CT molecular complexity index is 423. The summed E-state index contributed by atoms with van der Waals surface area (Å²) in [6, 6.07) is 0. The van der Waals surface area contributed by atoms with Crippen LogP contribution in [0.2, 0.25) is 0 Å². The molecule has 2 aliphatic carbocycles. The summed E-state index contributed by atoms with van der Waals surface area (Å²) in [5.41, 5.74) is 2.30. The lowest BCUT2D eigenvalue weighted by Gasteiger charge is -2.47. The second-order valence-electron chi connectivity index (χ2n) is 10.2. The number of ketones is 1. The van der Waals surface area contributed by atoms with E-state index in [0.29, 0.717) is 11.2 Å². The summed E-state index contributed by atoms with van der Waals surface area (Å²) in [6.45, 7) is 14.5. The molecule has 0 aliphatic heterocycles. The van der Waals surface area contributed by atoms with Crippen molar-refractivity contribution in [1.82, 2.24) is 5.48 Å². The zero-order valence-electron chi connectivity index (χ0n) is 17.1. The summed E-state index contributed by atoms with van der Waals surface area (Å²) in [5, 5.41) is 10.2. The molecule has 0 heterocycles. The second kappa shape index (κ2) is 7.43. The maximum Gasteiger partial charge on any atom is 0.138 e. The lowest BCUT2D eigenvalue weighted by Crippen LogP contribution is -2.56. The Morgan fingerprint density at radius 2 is 1.62 bits per heavy atom. The van der Waals surface area contributed by atoms with Crippen molar-refractivity contribution in [1.29, 1.82) is 0 Å². The summed E-state index contributed by atoms with van der Waals surface area (Å²) in [5.74, 6) is 0.414. The van der Waals surface area contributed by atoms with E-state index in [4.69, 9.17) is 4.84 Å². The SMILES string of the molecule is CC1(CC(=O)C(C)(C)C)CC1.CNOC(C(C)(C)C)C1(O)CCC1. The molecule has 0 aromatic heterocycles. The lowest BCUT2D eigenvalue weighted by atomic mass is 9.68. The van der Waals surface area contributed by atoms with E-state index < -0.39 is 5.60 Å². The Morgan fingerprint density at radius 1 is 1.12 bits per heavy atom. The molecule has 0 amide bonds. The third-order valence-electron chi connectivity index (χ3n) is 5.26. The first-order valence-corrected chi connectivity index (χ1v) is 9.32. The van der Waals surface area contributed by atoms with Crippen molar-refractivity contribution < 1.29 is 14.7 Å². The molecule has 4 nitrogen and oxygen atoms in total. The summed E-state index contributed by atoms with van der Waals surface area (Å²) in [4.78, 5) is 16.9. The van der Waals surface area contributed by atoms with Crippen molar-refractivity contribution in [2.24, 2.45) is 16.2 Å². The van der Waals surface area contributed by atoms with Gasteiger partial charge in [-0.3, -0.25) is 9.63 Å². The first kappa shape index (κ1) is 21.6. The first-order valence-electron chi connectivity index (χ1n) is 9.32. The van der Waals surface area contributed by atoms with Crippen molar-refractivity contribution in [3.05, 3.63) is 0 Å². The second-order valence-corrected chi connectivity index (χ2v) is 10.2. The van der Waals surface area contributed by atoms with Crippen molar-refractivity contribution >= 4 is 5.78 Å². The van der Waals surface area contributed by atoms with Crippen molar-refractivity contribution in [2.75, 3.05) is 7.05 Å². The highest BCUT2D eigenvalue weighted by molar-refractivity contribution is 5.84. The van der Waals surface area contributed by atoms with Crippen LogP contribution in [0.15, 0.2) is 0 Å². The highest BCUT2D eigenvalue weighted by atomic mass is 16.7. The number of rotatable bonds is 5. The summed E-state index contributed by atoms with van der Waals surface area (Å²) in [7, 11) is 1.74. The quantitative estimate of drug-likeness (QED) is 0.734. The molecule has 1 unspecified atom stereocenters. The van der Waals surface area contributed by atoms with E-state index in [-0.39, 0.29) is 16.9 Å². The molecule has 0 bridgehead atoms. The molecule has 0 aromatic carbocycles. The number of hydrogen-bond donors (Lipinski definition) is 2. The molecule has 2 aliphatic rings. The molecule has 0 saturated heterocycles. The zero-order valence-corrected chi connectivity index (χ0v) is 17.1. The van der Waals surface area contributed by atoms with Crippen molar-refractivity contribution in [2.45, 2.75) is 98.7 Å². The predicted molar refractivity (Wildman–Crippen MR) is 98.6 cm³/mol. The third-order valence-corrected chi connectivity index (χ3v) is 5.26. The summed E-state index contributed by atoms with van der Waals surface area (Å²) >= 11 is 0. The van der Waals surface area contributed by atoms with E-state index in [0.717, 1.165) is 25.7 Å². The molecule has 0 radical (unpaired) electrons. The molecule has 0 spiro atoms. The minimum absolute atomic E-state index is 0.0296. The van der Waals surface area contributed by atoms with Gasteiger partial charge in [-0.05, 0) is 42.9 Å². The van der Waals surface area contributed by atoms with E-state index in [1.165, 1.54) is 12.8 Å². The fourth-order valence-electron chi connectivity index (χ4n) is 3.05. The van der Waals surface area contributed by atoms with E-state index in [1.54, 1.807) is 7.05 Å². The predicted octanol–water partition coefficient (Wildman–Crippen LogP) is 4.26. The Balaban J connectivity index is 0.000000243. The van der Waals surface area contributed by atoms with Crippen LogP contribution in [-0.4, -0.2) is 29.6 Å². The Morgan fingerprint density at radius 3 is 1.88 bits per heavy atom. The molecular weight excluding hydrogens is 302 g/mol. The maximum absolute atomic E-state index is 11.5. The number of aliphatic hydroxyl groups is 1. The average Bonchev–Trinajstić information content (AvgIpc) is 3.09. The minimum atomic E-state index is -0.610. The Kier molecular flexibility index (Phi) is 6.68. The zero-order chi connectivity index (χ0) is 18.8. The fourth-order valence-corrected chi connectivity index (χ4v) is 3.05. The van der Waals surface area contributed by atoms with Crippen LogP contribution >= 0.6 is 0 Å². The number of hydroxylamine groups is 1. The highest BCUT2D eigenvalue weighted by Gasteiger charge is 2.48. The lowest BCUT2D eigenvalue weighted by molar-refractivity contribution is -0.207. The smallest absolute Gasteiger partial charge is 0.138 e. The topological polar surface area (TPSA) is 58.6 Å². The van der Waals surface area contributed by atoms with Gasteiger partial charge in [-0.2, -0.15) is 0 Å². The number of Topliss-reactive ketones (excluding diaryl/α,β-unsaturated/α-hetero) is 1. The standard InChI is InChI=1S/C10H21NO2.C10H18O/c1-9(2,3)8(13-11-4)10(12)6-5-7-10;1-9(2,3)8(11)7-10(4)5-6-10/h8,11-12H,5-7H2,1-4H3;5-7H2,1-4H3. The van der Waals surface area contributed by atoms with Crippen LogP contribution < -0.4 is 5.48 Å². The largest absolute Gasteiger partial charge is 0.387 e. The van der Waals surface area contributed by atoms with E-state index in [2.05, 4.69) is 33.2 Å². The van der Waals surface area contributed by atoms with E-state index >= 15 is 0 Å². The molecular formula is C20H39NO3. The van der Waals surface area contributed by atoms with Crippen LogP contribution in [0, 0.1) is 16.2 Å². The molecule has 2 saturated carbocycles. The van der Waals surface area contributed by atoms with Crippen LogP contribution in [-0.2, 0) is 9.63 Å². The van der Waals surface area contributed by atoms with Gasteiger partial charge < -0.3 is 5.11 Å². The Labute approximate surface area is 148 Å². The maximum atomic E-state index is 11.5. The van der Waals surface area contributed by atoms with Gasteiger partial charge in [0.05, 0.1) is 5.60 Å². The molecule has 0 aromatic rings. The van der Waals surface area contributed by atoms with Crippen LogP contribution in [0.3, 0.4) is 0 Å². The van der Waals surface area contributed by atoms with Gasteiger partial charge in [-0.1, -0.05) is 48.5 Å². The number of nitrogens with one attached hydrogen (secondary N) is 1. The van der Waals surface area contributed by atoms with Gasteiger partial charge in [0.1, 0.15) is 11.9 Å². The molecule has 142 valence electrons. The van der Waals surface area contributed by atoms with Gasteiger partial charge in [0.2, 0.25) is 0 Å². The van der Waals surface area contributed by atoms with Crippen molar-refractivity contribution in [3.8, 4) is 0 Å². The normalized spacial score (nSPS) is 22.7. The fraction of sp³-hybridized carbons (Fsp3) is 0.950. The summed E-state index contributed by atoms with van der Waals surface area (Å²) < 4.78 is 0. The van der Waals surface area contributed by atoms with Crippen LogP contribution in [0.5, 0.6) is 0 Å². The number of hydrogen-bond acceptors (Lipinski definition) is 4. The summed E-state index contributed by atoms with van der Waals surface area (Å²) in [6.07, 6.45) is 5.97. The third kappa shape index (κ3) is 6.12. The Hall–Kier alpha value is -0.450. The number of carbonyl (C=O) groups is 1. The van der Waals surface area contributed by atoms with Gasteiger partial charge in [-0.15, -0.1) is 0 Å². The van der Waals surface area contributed by atoms with Gasteiger partial charge >= 0.3 is 0 Å². The minimum Gasteiger partial charge on any atom is -0.387 e. The average molecular weight is 342 g/mol. The molecule has 4 heteroatoms. The van der Waals surface area contributed by atoms with Gasteiger partial charge in [0.15, 0.2) is 0 Å². The molecule has 2 fully saturated rings. The first-order chi connectivity index (χ1) is 10.7. The van der Waals surface area contributed by atoms with E-state index in [1.807, 2.05) is 20.8 Å². The van der Waals surface area contributed by atoms with Crippen molar-refractivity contribution in [3.63, 3.8) is 0 Å². The molecule has 2 rings (SSSR count). The monoisotopic (exact) mass is 341 g/mol.